The molecule has 0 bridgehead atoms. The van der Waals surface area contributed by atoms with Crippen LogP contribution in [0.4, 0.5) is 0 Å². The van der Waals surface area contributed by atoms with E-state index in [4.69, 9.17) is 42.6 Å². The van der Waals surface area contributed by atoms with Gasteiger partial charge in [0, 0.05) is 28.3 Å². The quantitative estimate of drug-likeness (QED) is 0.0533. The first kappa shape index (κ1) is 61.4. The fourth-order valence-electron chi connectivity index (χ4n) is 9.90. The molecule has 0 unspecified atom stereocenters. The molecule has 0 amide bonds. The molecule has 10 rings (SSSR count). The molecule has 0 aliphatic carbocycles. The second-order valence-electron chi connectivity index (χ2n) is 19.7. The molecule has 36 nitrogen and oxygen atoms in total. The van der Waals surface area contributed by atoms with Crippen molar-refractivity contribution >= 4 is 35.8 Å². The minimum Gasteiger partial charge on any atom is -0.504 e. The lowest BCUT2D eigenvalue weighted by molar-refractivity contribution is -0.283. The highest BCUT2D eigenvalue weighted by Crippen LogP contribution is 2.56. The number of hydrogen-bond donors (Lipinski definition) is 21. The Hall–Kier alpha value is -11.7. The maximum absolute atomic E-state index is 14.4. The molecule has 90 heavy (non-hydrogen) atoms. The number of fused-ring (bicyclic) bond motifs is 8. The maximum atomic E-state index is 14.4. The summed E-state index contributed by atoms with van der Waals surface area (Å²) in [5, 5.41) is 225. The summed E-state index contributed by atoms with van der Waals surface area (Å²) in [4.78, 5) is 84.9. The van der Waals surface area contributed by atoms with Crippen LogP contribution in [0, 0.1) is 0 Å². The predicted octanol–water partition coefficient (Wildman–Crippen LogP) is -0.193. The van der Waals surface area contributed by atoms with Crippen LogP contribution in [0.25, 0.3) is 22.3 Å². The van der Waals surface area contributed by atoms with Gasteiger partial charge in [0.05, 0.1) is 41.0 Å². The van der Waals surface area contributed by atoms with Crippen LogP contribution in [0.15, 0.2) is 42.5 Å². The van der Waals surface area contributed by atoms with Gasteiger partial charge in [0.1, 0.15) is 30.0 Å². The number of aliphatic hydroxyl groups excluding tert-OH is 4. The number of hydrogen-bond acceptors (Lipinski definition) is 36. The lowest BCUT2D eigenvalue weighted by atomic mass is 9.91. The Bertz CT molecular complexity index is 4080. The van der Waals surface area contributed by atoms with E-state index in [-0.39, 0.29) is 6.07 Å². The number of aromatic hydroxyl groups is 17. The molecular formula is C54H42O36. The van der Waals surface area contributed by atoms with E-state index in [9.17, 15) is 136 Å². The third-order valence-corrected chi connectivity index (χ3v) is 14.3. The highest BCUT2D eigenvalue weighted by molar-refractivity contribution is 6.10. The normalized spacial score (nSPS) is 22.8. The van der Waals surface area contributed by atoms with Gasteiger partial charge in [0.25, 0.3) is 0 Å². The summed E-state index contributed by atoms with van der Waals surface area (Å²) in [6.07, 6.45) is -23.4. The van der Waals surface area contributed by atoms with Crippen molar-refractivity contribution < 1.29 is 179 Å². The molecule has 0 radical (unpaired) electrons. The topological polar surface area (TPSA) is 610 Å². The number of phenols is 17. The molecule has 36 heteroatoms. The molecule has 0 aromatic heterocycles. The van der Waals surface area contributed by atoms with E-state index in [0.717, 1.165) is 0 Å². The zero-order valence-corrected chi connectivity index (χ0v) is 44.2. The molecule has 474 valence electrons. The maximum Gasteiger partial charge on any atom is 0.344 e. The van der Waals surface area contributed by atoms with Gasteiger partial charge in [-0.2, -0.15) is 0 Å². The first-order valence-electron chi connectivity index (χ1n) is 25.2. The van der Waals surface area contributed by atoms with Crippen molar-refractivity contribution in [3.63, 3.8) is 0 Å². The molecule has 10 atom stereocenters. The van der Waals surface area contributed by atoms with Gasteiger partial charge in [-0.3, -0.25) is 0 Å². The summed E-state index contributed by atoms with van der Waals surface area (Å²) < 4.78 is 49.1. The summed E-state index contributed by atoms with van der Waals surface area (Å²) in [6, 6.07) is 2.81. The number of esters is 6. The van der Waals surface area contributed by atoms with Gasteiger partial charge in [-0.15, -0.1) is 0 Å². The molecule has 0 saturated carbocycles. The van der Waals surface area contributed by atoms with Gasteiger partial charge in [-0.25, -0.2) is 28.8 Å². The van der Waals surface area contributed by atoms with E-state index in [1.807, 2.05) is 0 Å². The Labute approximate surface area is 495 Å². The first-order chi connectivity index (χ1) is 42.4. The van der Waals surface area contributed by atoms with Crippen LogP contribution in [0.5, 0.6) is 109 Å². The van der Waals surface area contributed by atoms with Gasteiger partial charge < -0.3 is 150 Å². The summed E-state index contributed by atoms with van der Waals surface area (Å²) in [5.74, 6) is -37.0. The van der Waals surface area contributed by atoms with E-state index in [0.29, 0.717) is 36.4 Å². The van der Waals surface area contributed by atoms with E-state index in [1.54, 1.807) is 0 Å². The van der Waals surface area contributed by atoms with Crippen LogP contribution < -0.4 is 4.74 Å². The minimum absolute atomic E-state index is 0.285. The molecule has 2 saturated heterocycles. The Morgan fingerprint density at radius 2 is 0.689 bits per heavy atom. The summed E-state index contributed by atoms with van der Waals surface area (Å²) in [6.45, 7) is -2.48. The summed E-state index contributed by atoms with van der Waals surface area (Å²) in [5.41, 5.74) is -10.8. The molecule has 4 aliphatic rings. The Balaban J connectivity index is 0.990. The minimum atomic E-state index is -2.61. The Morgan fingerprint density at radius 3 is 1.04 bits per heavy atom. The van der Waals surface area contributed by atoms with Crippen LogP contribution in [-0.4, -0.2) is 218 Å². The van der Waals surface area contributed by atoms with E-state index < -0.39 is 275 Å². The molecular weight excluding hydrogens is 1220 g/mol. The number of rotatable bonds is 8. The third kappa shape index (κ3) is 9.97. The average molecular weight is 1270 g/mol. The highest BCUT2D eigenvalue weighted by atomic mass is 16.8. The SMILES string of the molecule is O=C(O[C@H]1O[C@H](CO)[C@@H](O)[C@@H]2OC(=O)c3cc(O)c(O)c(O)c3-c3c(cc(O)c(O)c3O)C(=O)O[C@@H]12)c1cc(O)c(O)c(Oc2c(C(=O)O[C@H]3O[C@H](CO)[C@@H](O)[C@@H]4OC(=O)c5cc(O)c(O)c(O)c5-c5c(cc(O)c(O)c5O)C(=O)O[C@@H]34)cc(O)c(O)c2O)c1. The number of ether oxygens (including phenoxy) is 9. The third-order valence-electron chi connectivity index (χ3n) is 14.3. The highest BCUT2D eigenvalue weighted by Gasteiger charge is 2.55. The van der Waals surface area contributed by atoms with Crippen LogP contribution in [0.2, 0.25) is 0 Å². The van der Waals surface area contributed by atoms with Gasteiger partial charge >= 0.3 is 35.8 Å². The molecule has 21 N–H and O–H groups in total. The van der Waals surface area contributed by atoms with Crippen molar-refractivity contribution in [3.8, 4) is 131 Å². The van der Waals surface area contributed by atoms with Crippen LogP contribution in [0.1, 0.15) is 62.1 Å². The molecule has 4 aliphatic heterocycles. The Kier molecular flexibility index (Phi) is 15.4. The lowest BCUT2D eigenvalue weighted by Gasteiger charge is -2.42. The molecule has 4 heterocycles. The zero-order chi connectivity index (χ0) is 65.7. The van der Waals surface area contributed by atoms with Crippen molar-refractivity contribution in [3.05, 3.63) is 75.8 Å². The number of carbonyl (C=O) groups excluding carboxylic acids is 6. The fraction of sp³-hybridized carbons (Fsp3) is 0.222. The zero-order valence-electron chi connectivity index (χ0n) is 44.2. The van der Waals surface area contributed by atoms with Crippen molar-refractivity contribution in [1.29, 1.82) is 0 Å². The van der Waals surface area contributed by atoms with Crippen molar-refractivity contribution in [2.45, 2.75) is 61.4 Å². The number of benzene rings is 6. The van der Waals surface area contributed by atoms with Gasteiger partial charge in [-0.05, 0) is 36.4 Å². The van der Waals surface area contributed by atoms with Gasteiger partial charge in [0.2, 0.25) is 65.0 Å². The second kappa shape index (κ2) is 22.5. The van der Waals surface area contributed by atoms with Gasteiger partial charge in [0.15, 0.2) is 81.2 Å². The van der Waals surface area contributed by atoms with Crippen LogP contribution in [-0.2, 0) is 37.9 Å². The summed E-state index contributed by atoms with van der Waals surface area (Å²) in [7, 11) is 0. The predicted molar refractivity (Wildman–Crippen MR) is 276 cm³/mol. The summed E-state index contributed by atoms with van der Waals surface area (Å²) >= 11 is 0. The van der Waals surface area contributed by atoms with Gasteiger partial charge in [-0.1, -0.05) is 0 Å². The number of aliphatic hydroxyl groups is 4. The van der Waals surface area contributed by atoms with E-state index >= 15 is 0 Å². The second-order valence-corrected chi connectivity index (χ2v) is 19.7. The smallest absolute Gasteiger partial charge is 0.344 e. The molecule has 2 fully saturated rings. The standard InChI is InChI=1S/C54H42O36/c55-8-23-35(69)43-45(87-50(79)13-5-19(60)32(66)39(73)27(13)25-11(48(77)85-43)3-17(58)30(64)37(25)71)53(83-23)89-47(76)10-1-16(57)29(63)22(2-10)82-42-15(7-21(62)34(68)41(42)75)52(81)90-54-46-44(36(70)24(9-56)84-54)86-49(78)12-4-18(59)31(65)38(72)26(12)28-14(51(80)88-46)6-20(61)33(67)40(28)74/h1-7,23-24,35-36,43-46,53-75H,8-9H2/t23-,24-,35-,36-,43+,44+,45-,46-,53-,54-/m1/s1. The molecule has 6 aromatic carbocycles. The van der Waals surface area contributed by atoms with E-state index in [2.05, 4.69) is 0 Å². The largest absolute Gasteiger partial charge is 0.504 e. The average Bonchev–Trinajstić information content (AvgIpc) is 0.754. The van der Waals surface area contributed by atoms with Crippen LogP contribution in [0.3, 0.4) is 0 Å². The Morgan fingerprint density at radius 1 is 0.378 bits per heavy atom. The molecule has 0 spiro atoms. The van der Waals surface area contributed by atoms with Crippen molar-refractivity contribution in [2.75, 3.05) is 13.2 Å². The lowest BCUT2D eigenvalue weighted by Crippen LogP contribution is -2.62. The van der Waals surface area contributed by atoms with Crippen molar-refractivity contribution in [1.82, 2.24) is 0 Å². The van der Waals surface area contributed by atoms with E-state index in [1.165, 1.54) is 0 Å². The fourth-order valence-corrected chi connectivity index (χ4v) is 9.90. The monoisotopic (exact) mass is 1270 g/mol. The van der Waals surface area contributed by atoms with Crippen molar-refractivity contribution in [2.24, 2.45) is 0 Å². The number of carbonyl (C=O) groups is 6. The molecule has 6 aromatic rings. The number of phenolic OH excluding ortho intramolecular Hbond substituents is 17. The van der Waals surface area contributed by atoms with Crippen LogP contribution >= 0.6 is 0 Å². The first-order valence-corrected chi connectivity index (χ1v) is 25.2.